The molecule has 5 nitrogen and oxygen atoms in total. The number of hydrogen-bond acceptors (Lipinski definition) is 4. The monoisotopic (exact) mass is 291 g/mol. The molecular weight excluding hydrogens is 274 g/mol. The first kappa shape index (κ1) is 14.5. The van der Waals surface area contributed by atoms with Gasteiger partial charge in [-0.2, -0.15) is 5.10 Å². The first-order chi connectivity index (χ1) is 9.49. The molecule has 1 heterocycles. The van der Waals surface area contributed by atoms with Crippen LogP contribution in [0.4, 0.5) is 5.69 Å². The van der Waals surface area contributed by atoms with Gasteiger partial charge in [-0.3, -0.25) is 9.48 Å². The van der Waals surface area contributed by atoms with E-state index in [-0.39, 0.29) is 17.4 Å². The molecule has 106 valence electrons. The maximum Gasteiger partial charge on any atom is 0.234 e. The summed E-state index contributed by atoms with van der Waals surface area (Å²) in [6, 6.07) is 6.97. The van der Waals surface area contributed by atoms with Crippen LogP contribution in [0.1, 0.15) is 11.4 Å². The zero-order valence-electron chi connectivity index (χ0n) is 11.7. The number of aromatic hydroxyl groups is 1. The molecule has 0 aliphatic carbocycles. The summed E-state index contributed by atoms with van der Waals surface area (Å²) in [7, 11) is 1.84. The van der Waals surface area contributed by atoms with Crippen LogP contribution in [-0.2, 0) is 11.8 Å². The van der Waals surface area contributed by atoms with E-state index in [0.717, 1.165) is 17.1 Å². The minimum Gasteiger partial charge on any atom is -0.507 e. The fraction of sp³-hybridized carbons (Fsp3) is 0.286. The van der Waals surface area contributed by atoms with Crippen LogP contribution < -0.4 is 5.32 Å². The van der Waals surface area contributed by atoms with Gasteiger partial charge in [0.1, 0.15) is 5.75 Å². The molecule has 1 aromatic carbocycles. The molecule has 0 atom stereocenters. The van der Waals surface area contributed by atoms with Gasteiger partial charge in [-0.1, -0.05) is 12.1 Å². The highest BCUT2D eigenvalue weighted by Gasteiger charge is 2.13. The zero-order chi connectivity index (χ0) is 14.7. The quantitative estimate of drug-likeness (QED) is 0.849. The van der Waals surface area contributed by atoms with E-state index in [0.29, 0.717) is 4.90 Å². The molecule has 2 aromatic rings. The van der Waals surface area contributed by atoms with Crippen LogP contribution in [0, 0.1) is 13.8 Å². The number of nitrogens with zero attached hydrogens (tertiary/aromatic N) is 2. The van der Waals surface area contributed by atoms with Gasteiger partial charge in [0.15, 0.2) is 0 Å². The largest absolute Gasteiger partial charge is 0.507 e. The Hall–Kier alpha value is -1.95. The topological polar surface area (TPSA) is 67.2 Å². The van der Waals surface area contributed by atoms with E-state index in [4.69, 9.17) is 0 Å². The highest BCUT2D eigenvalue weighted by Crippen LogP contribution is 2.28. The van der Waals surface area contributed by atoms with Crippen LogP contribution in [0.25, 0.3) is 0 Å². The van der Waals surface area contributed by atoms with Crippen LogP contribution >= 0.6 is 11.8 Å². The summed E-state index contributed by atoms with van der Waals surface area (Å²) < 4.78 is 1.74. The average Bonchev–Trinajstić information content (AvgIpc) is 2.64. The highest BCUT2D eigenvalue weighted by atomic mass is 32.2. The molecule has 0 aliphatic rings. The van der Waals surface area contributed by atoms with Gasteiger partial charge in [-0.15, -0.1) is 11.8 Å². The van der Waals surface area contributed by atoms with E-state index >= 15 is 0 Å². The number of hydrogen-bond donors (Lipinski definition) is 2. The molecule has 20 heavy (non-hydrogen) atoms. The molecule has 0 spiro atoms. The van der Waals surface area contributed by atoms with Crippen molar-refractivity contribution in [2.24, 2.45) is 7.05 Å². The zero-order valence-corrected chi connectivity index (χ0v) is 12.5. The first-order valence-corrected chi connectivity index (χ1v) is 7.18. The van der Waals surface area contributed by atoms with E-state index in [9.17, 15) is 9.90 Å². The third-order valence-corrected chi connectivity index (χ3v) is 4.06. The number of thioether (sulfide) groups is 1. The predicted octanol–water partition coefficient (Wildman–Crippen LogP) is 2.47. The number of carbonyl (C=O) groups excluding carboxylic acids is 1. The summed E-state index contributed by atoms with van der Waals surface area (Å²) in [6.07, 6.45) is 0. The van der Waals surface area contributed by atoms with E-state index in [1.165, 1.54) is 11.8 Å². The Balaban J connectivity index is 1.98. The number of phenolic OH excluding ortho intramolecular Hbond substituents is 1. The summed E-state index contributed by atoms with van der Waals surface area (Å²) in [5, 5.41) is 16.8. The fourth-order valence-electron chi connectivity index (χ4n) is 1.85. The number of amides is 1. The van der Waals surface area contributed by atoms with Crippen molar-refractivity contribution in [1.82, 2.24) is 9.78 Å². The molecule has 0 bridgehead atoms. The Morgan fingerprint density at radius 3 is 2.70 bits per heavy atom. The van der Waals surface area contributed by atoms with Gasteiger partial charge in [0, 0.05) is 11.9 Å². The lowest BCUT2D eigenvalue weighted by atomic mass is 10.3. The summed E-state index contributed by atoms with van der Waals surface area (Å²) in [5.74, 6) is 0.322. The van der Waals surface area contributed by atoms with Gasteiger partial charge in [0.05, 0.1) is 22.8 Å². The Bertz CT molecular complexity index is 637. The number of benzene rings is 1. The van der Waals surface area contributed by atoms with Crippen molar-refractivity contribution >= 4 is 23.4 Å². The molecule has 2 N–H and O–H groups in total. The van der Waals surface area contributed by atoms with Crippen LogP contribution in [0.5, 0.6) is 5.75 Å². The van der Waals surface area contributed by atoms with E-state index < -0.39 is 0 Å². The molecule has 0 unspecified atom stereocenters. The molecule has 6 heteroatoms. The lowest BCUT2D eigenvalue weighted by Crippen LogP contribution is -2.15. The molecule has 0 aliphatic heterocycles. The van der Waals surface area contributed by atoms with Gasteiger partial charge in [0.25, 0.3) is 0 Å². The number of para-hydroxylation sites is 1. The molecule has 0 saturated carbocycles. The summed E-state index contributed by atoms with van der Waals surface area (Å²) in [6.45, 7) is 3.77. The lowest BCUT2D eigenvalue weighted by molar-refractivity contribution is -0.113. The Labute approximate surface area is 122 Å². The Kier molecular flexibility index (Phi) is 4.34. The number of rotatable bonds is 4. The molecular formula is C14H17N3O2S. The normalized spacial score (nSPS) is 10.6. The average molecular weight is 291 g/mol. The van der Waals surface area contributed by atoms with Gasteiger partial charge in [-0.25, -0.2) is 0 Å². The Morgan fingerprint density at radius 1 is 1.40 bits per heavy atom. The van der Waals surface area contributed by atoms with Crippen molar-refractivity contribution in [3.8, 4) is 5.75 Å². The maximum atomic E-state index is 12.0. The second-order valence-electron chi connectivity index (χ2n) is 4.47. The maximum absolute atomic E-state index is 12.0. The smallest absolute Gasteiger partial charge is 0.234 e. The van der Waals surface area contributed by atoms with E-state index in [2.05, 4.69) is 10.4 Å². The molecule has 1 amide bonds. The van der Waals surface area contributed by atoms with Crippen molar-refractivity contribution in [1.29, 1.82) is 0 Å². The first-order valence-electron chi connectivity index (χ1n) is 6.20. The standard InChI is InChI=1S/C14H17N3O2S/c1-9-14(10(2)17(3)16-9)15-13(19)8-20-12-7-5-4-6-11(12)18/h4-7,18H,8H2,1-3H3,(H,15,19). The summed E-state index contributed by atoms with van der Waals surface area (Å²) in [5.41, 5.74) is 2.48. The van der Waals surface area contributed by atoms with Crippen molar-refractivity contribution in [2.45, 2.75) is 18.7 Å². The van der Waals surface area contributed by atoms with Gasteiger partial charge in [0.2, 0.25) is 5.91 Å². The van der Waals surface area contributed by atoms with Crippen LogP contribution in [0.2, 0.25) is 0 Å². The van der Waals surface area contributed by atoms with E-state index in [1.54, 1.807) is 22.9 Å². The van der Waals surface area contributed by atoms with Crippen molar-refractivity contribution < 1.29 is 9.90 Å². The van der Waals surface area contributed by atoms with Crippen molar-refractivity contribution in [3.05, 3.63) is 35.7 Å². The predicted molar refractivity (Wildman–Crippen MR) is 80.1 cm³/mol. The van der Waals surface area contributed by atoms with Crippen molar-refractivity contribution in [3.63, 3.8) is 0 Å². The van der Waals surface area contributed by atoms with Gasteiger partial charge in [-0.05, 0) is 26.0 Å². The van der Waals surface area contributed by atoms with Gasteiger partial charge < -0.3 is 10.4 Å². The minimum absolute atomic E-state index is 0.113. The highest BCUT2D eigenvalue weighted by molar-refractivity contribution is 8.00. The molecule has 1 aromatic heterocycles. The molecule has 0 fully saturated rings. The molecule has 2 rings (SSSR count). The number of nitrogens with one attached hydrogen (secondary N) is 1. The van der Waals surface area contributed by atoms with Gasteiger partial charge >= 0.3 is 0 Å². The van der Waals surface area contributed by atoms with Crippen molar-refractivity contribution in [2.75, 3.05) is 11.1 Å². The second-order valence-corrected chi connectivity index (χ2v) is 5.49. The summed E-state index contributed by atoms with van der Waals surface area (Å²) in [4.78, 5) is 12.7. The molecule has 0 saturated heterocycles. The third-order valence-electron chi connectivity index (χ3n) is 3.00. The number of carbonyl (C=O) groups is 1. The number of anilines is 1. The fourth-order valence-corrected chi connectivity index (χ4v) is 2.60. The van der Waals surface area contributed by atoms with Crippen LogP contribution in [0.15, 0.2) is 29.2 Å². The lowest BCUT2D eigenvalue weighted by Gasteiger charge is -2.06. The third kappa shape index (κ3) is 3.14. The number of aromatic nitrogens is 2. The van der Waals surface area contributed by atoms with Crippen LogP contribution in [-0.4, -0.2) is 26.5 Å². The number of aryl methyl sites for hydroxylation is 2. The Morgan fingerprint density at radius 2 is 2.10 bits per heavy atom. The van der Waals surface area contributed by atoms with Crippen LogP contribution in [0.3, 0.4) is 0 Å². The minimum atomic E-state index is -0.113. The SMILES string of the molecule is Cc1nn(C)c(C)c1NC(=O)CSc1ccccc1O. The number of phenols is 1. The second kappa shape index (κ2) is 6.00. The van der Waals surface area contributed by atoms with E-state index in [1.807, 2.05) is 27.0 Å². The summed E-state index contributed by atoms with van der Waals surface area (Å²) >= 11 is 1.30. The molecule has 0 radical (unpaired) electrons.